The molecule has 1 aromatic carbocycles. The Morgan fingerprint density at radius 1 is 1.28 bits per heavy atom. The van der Waals surface area contributed by atoms with Gasteiger partial charge < -0.3 is 20.3 Å². The molecular formula is C12H17F2NO3. The van der Waals surface area contributed by atoms with Crippen LogP contribution in [0.25, 0.3) is 0 Å². The number of ether oxygens (including phenoxy) is 2. The molecule has 0 spiro atoms. The molecule has 3 N–H and O–H groups in total. The van der Waals surface area contributed by atoms with Gasteiger partial charge in [0.2, 0.25) is 6.29 Å². The molecule has 102 valence electrons. The van der Waals surface area contributed by atoms with Crippen molar-refractivity contribution < 1.29 is 23.4 Å². The summed E-state index contributed by atoms with van der Waals surface area (Å²) in [6.45, 7) is 1.64. The van der Waals surface area contributed by atoms with Gasteiger partial charge in [-0.3, -0.25) is 0 Å². The highest BCUT2D eigenvalue weighted by molar-refractivity contribution is 5.23. The minimum atomic E-state index is -0.827. The predicted molar refractivity (Wildman–Crippen MR) is 62.1 cm³/mol. The topological polar surface area (TPSA) is 64.7 Å². The minimum absolute atomic E-state index is 0.00350. The van der Waals surface area contributed by atoms with Gasteiger partial charge in [-0.2, -0.15) is 0 Å². The van der Waals surface area contributed by atoms with Crippen molar-refractivity contribution in [2.24, 2.45) is 5.73 Å². The molecule has 0 saturated heterocycles. The molecule has 0 bridgehead atoms. The summed E-state index contributed by atoms with van der Waals surface area (Å²) in [6, 6.07) is 2.36. The predicted octanol–water partition coefficient (Wildman–Crippen LogP) is 1.41. The Hall–Kier alpha value is -1.24. The first kappa shape index (κ1) is 14.8. The lowest BCUT2D eigenvalue weighted by atomic mass is 10.1. The second-order valence-corrected chi connectivity index (χ2v) is 4.05. The Labute approximate surface area is 104 Å². The van der Waals surface area contributed by atoms with E-state index in [4.69, 9.17) is 15.2 Å². The molecule has 0 aliphatic heterocycles. The van der Waals surface area contributed by atoms with Crippen LogP contribution in [0.2, 0.25) is 0 Å². The van der Waals surface area contributed by atoms with Crippen LogP contribution in [0.4, 0.5) is 8.78 Å². The van der Waals surface area contributed by atoms with E-state index < -0.39 is 30.1 Å². The number of hydrogen-bond donors (Lipinski definition) is 2. The maximum Gasteiger partial charge on any atom is 0.202 e. The molecule has 0 aromatic heterocycles. The van der Waals surface area contributed by atoms with E-state index in [1.54, 1.807) is 6.92 Å². The van der Waals surface area contributed by atoms with Crippen LogP contribution in [0.1, 0.15) is 13.3 Å². The average Bonchev–Trinajstić information content (AvgIpc) is 2.26. The zero-order chi connectivity index (χ0) is 13.7. The smallest absolute Gasteiger partial charge is 0.202 e. The van der Waals surface area contributed by atoms with Gasteiger partial charge in [0, 0.05) is 37.8 Å². The number of hydrogen-bond acceptors (Lipinski definition) is 4. The maximum atomic E-state index is 12.9. The molecule has 6 heteroatoms. The van der Waals surface area contributed by atoms with Crippen molar-refractivity contribution in [3.05, 3.63) is 29.8 Å². The Morgan fingerprint density at radius 3 is 2.28 bits per heavy atom. The van der Waals surface area contributed by atoms with E-state index in [9.17, 15) is 13.9 Å². The quantitative estimate of drug-likeness (QED) is 0.760. The SMILES string of the molecule is COC(CC(O)C(C)N)Oc1cc(F)cc(F)c1. The van der Waals surface area contributed by atoms with E-state index in [0.29, 0.717) is 0 Å². The lowest BCUT2D eigenvalue weighted by molar-refractivity contribution is -0.0820. The number of nitrogens with two attached hydrogens (primary N) is 1. The molecule has 0 aliphatic carbocycles. The second-order valence-electron chi connectivity index (χ2n) is 4.05. The van der Waals surface area contributed by atoms with Crippen molar-refractivity contribution in [2.45, 2.75) is 31.8 Å². The van der Waals surface area contributed by atoms with Crippen molar-refractivity contribution in [3.63, 3.8) is 0 Å². The van der Waals surface area contributed by atoms with Crippen molar-refractivity contribution in [1.29, 1.82) is 0 Å². The monoisotopic (exact) mass is 261 g/mol. The number of aliphatic hydroxyl groups is 1. The van der Waals surface area contributed by atoms with Crippen LogP contribution in [-0.2, 0) is 4.74 Å². The van der Waals surface area contributed by atoms with Gasteiger partial charge in [0.25, 0.3) is 0 Å². The molecule has 4 nitrogen and oxygen atoms in total. The molecule has 3 unspecified atom stereocenters. The summed E-state index contributed by atoms with van der Waals surface area (Å²) in [6.07, 6.45) is -1.55. The maximum absolute atomic E-state index is 12.9. The summed E-state index contributed by atoms with van der Waals surface area (Å²) in [4.78, 5) is 0. The van der Waals surface area contributed by atoms with E-state index >= 15 is 0 Å². The van der Waals surface area contributed by atoms with Gasteiger partial charge in [-0.1, -0.05) is 0 Å². The summed E-state index contributed by atoms with van der Waals surface area (Å²) in [5.74, 6) is -1.49. The van der Waals surface area contributed by atoms with E-state index in [2.05, 4.69) is 0 Å². The van der Waals surface area contributed by atoms with E-state index in [0.717, 1.165) is 18.2 Å². The highest BCUT2D eigenvalue weighted by Crippen LogP contribution is 2.18. The number of halogens is 2. The van der Waals surface area contributed by atoms with Crippen LogP contribution in [0, 0.1) is 11.6 Å². The highest BCUT2D eigenvalue weighted by Gasteiger charge is 2.19. The van der Waals surface area contributed by atoms with Crippen molar-refractivity contribution >= 4 is 0 Å². The van der Waals surface area contributed by atoms with Gasteiger partial charge in [-0.15, -0.1) is 0 Å². The lowest BCUT2D eigenvalue weighted by Gasteiger charge is -2.22. The van der Waals surface area contributed by atoms with Gasteiger partial charge in [-0.25, -0.2) is 8.78 Å². The number of benzene rings is 1. The van der Waals surface area contributed by atoms with E-state index in [1.807, 2.05) is 0 Å². The molecule has 3 atom stereocenters. The molecule has 1 rings (SSSR count). The van der Waals surface area contributed by atoms with Gasteiger partial charge in [-0.05, 0) is 6.92 Å². The summed E-state index contributed by atoms with van der Waals surface area (Å²) in [7, 11) is 1.37. The molecule has 0 saturated carbocycles. The third kappa shape index (κ3) is 4.56. The Balaban J connectivity index is 2.67. The number of methoxy groups -OCH3 is 1. The normalized spacial score (nSPS) is 16.1. The fourth-order valence-electron chi connectivity index (χ4n) is 1.35. The van der Waals surface area contributed by atoms with Gasteiger partial charge in [0.05, 0.1) is 6.10 Å². The zero-order valence-electron chi connectivity index (χ0n) is 10.3. The minimum Gasteiger partial charge on any atom is -0.465 e. The number of aliphatic hydroxyl groups excluding tert-OH is 1. The van der Waals surface area contributed by atoms with Crippen LogP contribution < -0.4 is 10.5 Å². The Morgan fingerprint density at radius 2 is 1.83 bits per heavy atom. The fourth-order valence-corrected chi connectivity index (χ4v) is 1.35. The third-order valence-electron chi connectivity index (χ3n) is 2.41. The first-order valence-electron chi connectivity index (χ1n) is 5.51. The van der Waals surface area contributed by atoms with E-state index in [1.165, 1.54) is 7.11 Å². The molecule has 0 heterocycles. The van der Waals surface area contributed by atoms with E-state index in [-0.39, 0.29) is 12.2 Å². The Kier molecular flexibility index (Phi) is 5.46. The molecule has 1 aromatic rings. The van der Waals surface area contributed by atoms with Crippen molar-refractivity contribution in [2.75, 3.05) is 7.11 Å². The fraction of sp³-hybridized carbons (Fsp3) is 0.500. The lowest BCUT2D eigenvalue weighted by Crippen LogP contribution is -2.36. The van der Waals surface area contributed by atoms with Crippen LogP contribution in [0.15, 0.2) is 18.2 Å². The molecule has 0 fully saturated rings. The van der Waals surface area contributed by atoms with Gasteiger partial charge >= 0.3 is 0 Å². The first-order valence-corrected chi connectivity index (χ1v) is 5.51. The Bertz CT molecular complexity index is 367. The molecule has 0 radical (unpaired) electrons. The summed E-state index contributed by atoms with van der Waals surface area (Å²) >= 11 is 0. The van der Waals surface area contributed by atoms with Gasteiger partial charge in [0.1, 0.15) is 17.4 Å². The van der Waals surface area contributed by atoms with Crippen molar-refractivity contribution in [1.82, 2.24) is 0 Å². The van der Waals surface area contributed by atoms with Gasteiger partial charge in [0.15, 0.2) is 0 Å². The van der Waals surface area contributed by atoms with Crippen LogP contribution in [0.3, 0.4) is 0 Å². The second kappa shape index (κ2) is 6.63. The third-order valence-corrected chi connectivity index (χ3v) is 2.41. The van der Waals surface area contributed by atoms with Crippen LogP contribution in [0.5, 0.6) is 5.75 Å². The van der Waals surface area contributed by atoms with Crippen molar-refractivity contribution in [3.8, 4) is 5.75 Å². The molecular weight excluding hydrogens is 244 g/mol. The summed E-state index contributed by atoms with van der Waals surface area (Å²) in [5, 5.41) is 9.58. The average molecular weight is 261 g/mol. The number of rotatable bonds is 6. The van der Waals surface area contributed by atoms with Crippen LogP contribution in [-0.4, -0.2) is 30.7 Å². The molecule has 0 aliphatic rings. The van der Waals surface area contributed by atoms with Crippen LogP contribution >= 0.6 is 0 Å². The standard InChI is InChI=1S/C12H17F2NO3/c1-7(15)11(16)6-12(17-2)18-10-4-8(13)3-9(14)5-10/h3-5,7,11-12,16H,6,15H2,1-2H3. The summed E-state index contributed by atoms with van der Waals surface area (Å²) in [5.41, 5.74) is 5.50. The highest BCUT2D eigenvalue weighted by atomic mass is 19.1. The summed E-state index contributed by atoms with van der Waals surface area (Å²) < 4.78 is 36.1. The molecule has 0 amide bonds. The molecule has 18 heavy (non-hydrogen) atoms. The zero-order valence-corrected chi connectivity index (χ0v) is 10.3. The largest absolute Gasteiger partial charge is 0.465 e. The first-order chi connectivity index (χ1) is 8.42.